The summed E-state index contributed by atoms with van der Waals surface area (Å²) in [4.78, 5) is 2.36. The Hall–Kier alpha value is -0.770. The van der Waals surface area contributed by atoms with Crippen LogP contribution in [0.25, 0.3) is 0 Å². The second-order valence-electron chi connectivity index (χ2n) is 4.83. The summed E-state index contributed by atoms with van der Waals surface area (Å²) in [5, 5.41) is 13.2. The molecule has 17 heavy (non-hydrogen) atoms. The summed E-state index contributed by atoms with van der Waals surface area (Å²) in [6.45, 7) is 4.24. The highest BCUT2D eigenvalue weighted by molar-refractivity contribution is 6.32. The average molecular weight is 255 g/mol. The molecule has 1 heterocycles. The van der Waals surface area contributed by atoms with Crippen molar-refractivity contribution >= 4 is 11.6 Å². The van der Waals surface area contributed by atoms with E-state index in [2.05, 4.69) is 17.3 Å². The summed E-state index contributed by atoms with van der Waals surface area (Å²) in [7, 11) is 2.17. The van der Waals surface area contributed by atoms with Crippen molar-refractivity contribution in [2.45, 2.75) is 13.0 Å². The van der Waals surface area contributed by atoms with Crippen LogP contribution >= 0.6 is 11.6 Å². The minimum absolute atomic E-state index is 0.146. The molecule has 0 aromatic heterocycles. The zero-order chi connectivity index (χ0) is 12.3. The first kappa shape index (κ1) is 12.7. The lowest BCUT2D eigenvalue weighted by molar-refractivity contribution is 0.388. The fourth-order valence-electron chi connectivity index (χ4n) is 2.27. The van der Waals surface area contributed by atoms with E-state index < -0.39 is 0 Å². The Morgan fingerprint density at radius 2 is 2.35 bits per heavy atom. The molecule has 0 saturated carbocycles. The Morgan fingerprint density at radius 1 is 1.53 bits per heavy atom. The average Bonchev–Trinajstić information content (AvgIpc) is 2.70. The van der Waals surface area contributed by atoms with E-state index in [1.54, 1.807) is 6.07 Å². The van der Waals surface area contributed by atoms with E-state index >= 15 is 0 Å². The summed E-state index contributed by atoms with van der Waals surface area (Å²) < 4.78 is 0. The summed E-state index contributed by atoms with van der Waals surface area (Å²) in [6, 6.07) is 5.35. The number of aromatic hydroxyl groups is 1. The van der Waals surface area contributed by atoms with E-state index in [0.29, 0.717) is 5.02 Å². The van der Waals surface area contributed by atoms with Gasteiger partial charge in [0.05, 0.1) is 5.02 Å². The fraction of sp³-hybridized carbons (Fsp3) is 0.538. The Labute approximate surface area is 107 Å². The van der Waals surface area contributed by atoms with Gasteiger partial charge in [0.15, 0.2) is 0 Å². The van der Waals surface area contributed by atoms with Gasteiger partial charge in [0.1, 0.15) is 5.75 Å². The molecule has 1 unspecified atom stereocenters. The van der Waals surface area contributed by atoms with Crippen LogP contribution in [0.5, 0.6) is 5.75 Å². The number of halogens is 1. The van der Waals surface area contributed by atoms with Crippen molar-refractivity contribution < 1.29 is 5.11 Å². The van der Waals surface area contributed by atoms with Gasteiger partial charge in [-0.15, -0.1) is 0 Å². The summed E-state index contributed by atoms with van der Waals surface area (Å²) in [6.07, 6.45) is 1.28. The third kappa shape index (κ3) is 3.60. The maximum absolute atomic E-state index is 9.31. The first-order chi connectivity index (χ1) is 8.15. The van der Waals surface area contributed by atoms with E-state index in [-0.39, 0.29) is 5.75 Å². The number of likely N-dealkylation sites (tertiary alicyclic amines) is 1. The zero-order valence-electron chi connectivity index (χ0n) is 10.1. The number of benzene rings is 1. The molecule has 4 heteroatoms. The molecule has 1 aliphatic rings. The molecule has 0 aliphatic carbocycles. The Morgan fingerprint density at radius 3 is 3.00 bits per heavy atom. The van der Waals surface area contributed by atoms with Crippen molar-refractivity contribution in [2.24, 2.45) is 5.92 Å². The SMILES string of the molecule is CN1CCC(CNCc2ccc(O)c(Cl)c2)C1. The molecule has 1 aromatic carbocycles. The third-order valence-corrected chi connectivity index (χ3v) is 3.57. The van der Waals surface area contributed by atoms with Crippen LogP contribution < -0.4 is 5.32 Å². The van der Waals surface area contributed by atoms with Crippen LogP contribution in [0.2, 0.25) is 5.02 Å². The number of nitrogens with one attached hydrogen (secondary N) is 1. The van der Waals surface area contributed by atoms with Gasteiger partial charge < -0.3 is 15.3 Å². The minimum Gasteiger partial charge on any atom is -0.506 e. The number of phenols is 1. The van der Waals surface area contributed by atoms with Gasteiger partial charge in [0.25, 0.3) is 0 Å². The number of hydrogen-bond donors (Lipinski definition) is 2. The third-order valence-electron chi connectivity index (χ3n) is 3.26. The fourth-order valence-corrected chi connectivity index (χ4v) is 2.48. The van der Waals surface area contributed by atoms with Crippen molar-refractivity contribution in [3.05, 3.63) is 28.8 Å². The largest absolute Gasteiger partial charge is 0.506 e. The molecule has 1 saturated heterocycles. The highest BCUT2D eigenvalue weighted by Gasteiger charge is 2.18. The topological polar surface area (TPSA) is 35.5 Å². The lowest BCUT2D eigenvalue weighted by Crippen LogP contribution is -2.24. The molecular weight excluding hydrogens is 236 g/mol. The van der Waals surface area contributed by atoms with E-state index in [4.69, 9.17) is 11.6 Å². The number of hydrogen-bond acceptors (Lipinski definition) is 3. The predicted octanol–water partition coefficient (Wildman–Crippen LogP) is 2.09. The van der Waals surface area contributed by atoms with Gasteiger partial charge in [-0.25, -0.2) is 0 Å². The van der Waals surface area contributed by atoms with Gasteiger partial charge in [0, 0.05) is 13.1 Å². The van der Waals surface area contributed by atoms with Crippen LogP contribution in [0.15, 0.2) is 18.2 Å². The van der Waals surface area contributed by atoms with Gasteiger partial charge in [-0.1, -0.05) is 17.7 Å². The van der Waals surface area contributed by atoms with Crippen molar-refractivity contribution in [3.63, 3.8) is 0 Å². The summed E-state index contributed by atoms with van der Waals surface area (Å²) in [5.74, 6) is 0.903. The number of phenolic OH excluding ortho intramolecular Hbond substituents is 1. The molecule has 1 fully saturated rings. The van der Waals surface area contributed by atoms with Gasteiger partial charge in [-0.2, -0.15) is 0 Å². The highest BCUT2D eigenvalue weighted by Crippen LogP contribution is 2.23. The monoisotopic (exact) mass is 254 g/mol. The Bertz CT molecular complexity index is 384. The van der Waals surface area contributed by atoms with Crippen LogP contribution in [-0.4, -0.2) is 36.7 Å². The summed E-state index contributed by atoms with van der Waals surface area (Å²) in [5.41, 5.74) is 1.11. The van der Waals surface area contributed by atoms with Crippen molar-refractivity contribution in [3.8, 4) is 5.75 Å². The molecule has 1 aliphatic heterocycles. The summed E-state index contributed by atoms with van der Waals surface area (Å²) >= 11 is 5.85. The molecule has 0 bridgehead atoms. The quantitative estimate of drug-likeness (QED) is 0.864. The van der Waals surface area contributed by atoms with Gasteiger partial charge in [-0.3, -0.25) is 0 Å². The Balaban J connectivity index is 1.76. The molecule has 1 aromatic rings. The van der Waals surface area contributed by atoms with Gasteiger partial charge in [-0.05, 0) is 50.2 Å². The molecule has 94 valence electrons. The smallest absolute Gasteiger partial charge is 0.134 e. The van der Waals surface area contributed by atoms with E-state index in [1.165, 1.54) is 19.5 Å². The van der Waals surface area contributed by atoms with Gasteiger partial charge >= 0.3 is 0 Å². The molecule has 0 amide bonds. The first-order valence-electron chi connectivity index (χ1n) is 6.02. The van der Waals surface area contributed by atoms with Crippen LogP contribution in [0.1, 0.15) is 12.0 Å². The maximum atomic E-state index is 9.31. The van der Waals surface area contributed by atoms with Crippen molar-refractivity contribution in [2.75, 3.05) is 26.7 Å². The van der Waals surface area contributed by atoms with Crippen molar-refractivity contribution in [1.82, 2.24) is 10.2 Å². The van der Waals surface area contributed by atoms with Crippen LogP contribution in [0, 0.1) is 5.92 Å². The second-order valence-corrected chi connectivity index (χ2v) is 5.24. The second kappa shape index (κ2) is 5.71. The molecule has 1 atom stereocenters. The molecule has 2 N–H and O–H groups in total. The lowest BCUT2D eigenvalue weighted by Gasteiger charge is -2.12. The number of rotatable bonds is 4. The highest BCUT2D eigenvalue weighted by atomic mass is 35.5. The molecule has 0 spiro atoms. The normalized spacial score (nSPS) is 20.9. The standard InChI is InChI=1S/C13H19ClN2O/c1-16-5-4-11(9-16)8-15-7-10-2-3-13(17)12(14)6-10/h2-3,6,11,15,17H,4-5,7-9H2,1H3. The minimum atomic E-state index is 0.146. The maximum Gasteiger partial charge on any atom is 0.134 e. The van der Waals surface area contributed by atoms with Crippen LogP contribution in [0.4, 0.5) is 0 Å². The molecule has 3 nitrogen and oxygen atoms in total. The van der Waals surface area contributed by atoms with Crippen LogP contribution in [0.3, 0.4) is 0 Å². The van der Waals surface area contributed by atoms with Crippen molar-refractivity contribution in [1.29, 1.82) is 0 Å². The van der Waals surface area contributed by atoms with E-state index in [9.17, 15) is 5.11 Å². The predicted molar refractivity (Wildman–Crippen MR) is 70.4 cm³/mol. The van der Waals surface area contributed by atoms with Gasteiger partial charge in [0.2, 0.25) is 0 Å². The Kier molecular flexibility index (Phi) is 4.26. The van der Waals surface area contributed by atoms with E-state index in [0.717, 1.165) is 24.6 Å². The molecule has 2 rings (SSSR count). The number of nitrogens with zero attached hydrogens (tertiary/aromatic N) is 1. The van der Waals surface area contributed by atoms with Crippen LogP contribution in [-0.2, 0) is 6.54 Å². The lowest BCUT2D eigenvalue weighted by atomic mass is 10.1. The molecule has 0 radical (unpaired) electrons. The first-order valence-corrected chi connectivity index (χ1v) is 6.39. The van der Waals surface area contributed by atoms with E-state index in [1.807, 2.05) is 12.1 Å². The zero-order valence-corrected chi connectivity index (χ0v) is 10.9. The molecular formula is C13H19ClN2O.